The molecule has 0 saturated carbocycles. The molecule has 0 amide bonds. The highest BCUT2D eigenvalue weighted by Gasteiger charge is 2.46. The average molecular weight is 496 g/mol. The van der Waals surface area contributed by atoms with Crippen LogP contribution in [0.25, 0.3) is 0 Å². The number of nitrogens with zero attached hydrogens (tertiary/aromatic N) is 2. The first-order valence-electron chi connectivity index (χ1n) is 12.2. The Labute approximate surface area is 213 Å². The predicted octanol–water partition coefficient (Wildman–Crippen LogP) is 6.08. The number of cyclic esters (lactones) is 1. The Balaban J connectivity index is 1.65. The molecule has 3 aromatic carbocycles. The van der Waals surface area contributed by atoms with E-state index in [0.717, 1.165) is 17.1 Å². The third-order valence-electron chi connectivity index (χ3n) is 7.25. The van der Waals surface area contributed by atoms with Gasteiger partial charge in [-0.05, 0) is 35.6 Å². The van der Waals surface area contributed by atoms with Crippen molar-refractivity contribution in [3.05, 3.63) is 111 Å². The zero-order valence-corrected chi connectivity index (χ0v) is 20.4. The van der Waals surface area contributed by atoms with Crippen LogP contribution in [0.5, 0.6) is 0 Å². The fraction of sp³-hybridized carbons (Fsp3) is 0.241. The molecule has 0 fully saturated rings. The zero-order valence-electron chi connectivity index (χ0n) is 20.4. The van der Waals surface area contributed by atoms with E-state index >= 15 is 0 Å². The molecule has 8 nitrogen and oxygen atoms in total. The van der Waals surface area contributed by atoms with Crippen molar-refractivity contribution in [2.75, 3.05) is 10.2 Å². The number of carbonyl (C=O) groups excluding carboxylic acids is 2. The summed E-state index contributed by atoms with van der Waals surface area (Å²) in [6.45, 7) is 4.12. The highest BCUT2D eigenvalue weighted by Crippen LogP contribution is 2.52. The van der Waals surface area contributed by atoms with Gasteiger partial charge in [0.15, 0.2) is 5.78 Å². The minimum absolute atomic E-state index is 0.0364. The lowest BCUT2D eigenvalue weighted by Crippen LogP contribution is -2.38. The summed E-state index contributed by atoms with van der Waals surface area (Å²) in [5, 5.41) is 15.2. The Morgan fingerprint density at radius 2 is 1.76 bits per heavy atom. The number of ketones is 1. The van der Waals surface area contributed by atoms with Gasteiger partial charge >= 0.3 is 5.97 Å². The second kappa shape index (κ2) is 8.30. The van der Waals surface area contributed by atoms with Gasteiger partial charge in [0.1, 0.15) is 0 Å². The summed E-state index contributed by atoms with van der Waals surface area (Å²) in [5.41, 5.74) is 4.22. The number of allylic oxidation sites excluding steroid dienone is 1. The van der Waals surface area contributed by atoms with Crippen LogP contribution in [0.15, 0.2) is 84.1 Å². The van der Waals surface area contributed by atoms with Gasteiger partial charge in [-0.2, -0.15) is 0 Å². The summed E-state index contributed by atoms with van der Waals surface area (Å²) in [7, 11) is 0. The second-order valence-corrected chi connectivity index (χ2v) is 10.5. The Bertz CT molecular complexity index is 1510. The number of esters is 1. The molecule has 0 aromatic heterocycles. The van der Waals surface area contributed by atoms with Crippen molar-refractivity contribution < 1.29 is 19.2 Å². The number of benzene rings is 3. The molecular formula is C29H25N3O5. The van der Waals surface area contributed by atoms with Crippen molar-refractivity contribution >= 4 is 28.8 Å². The summed E-state index contributed by atoms with van der Waals surface area (Å²) < 4.78 is 5.96. The number of nitro groups is 1. The molecule has 0 bridgehead atoms. The Morgan fingerprint density at radius 1 is 1.00 bits per heavy atom. The molecular weight excluding hydrogens is 470 g/mol. The molecule has 186 valence electrons. The van der Waals surface area contributed by atoms with Gasteiger partial charge in [-0.1, -0.05) is 56.3 Å². The van der Waals surface area contributed by atoms with Crippen LogP contribution in [-0.2, 0) is 9.53 Å². The summed E-state index contributed by atoms with van der Waals surface area (Å²) in [4.78, 5) is 39.9. The number of ether oxygens (including phenoxy) is 1. The molecule has 2 atom stereocenters. The number of hydrogen-bond acceptors (Lipinski definition) is 7. The quantitative estimate of drug-likeness (QED) is 0.267. The van der Waals surface area contributed by atoms with Crippen LogP contribution in [0.2, 0.25) is 0 Å². The fourth-order valence-electron chi connectivity index (χ4n) is 5.74. The van der Waals surface area contributed by atoms with E-state index in [4.69, 9.17) is 4.74 Å². The molecule has 3 aromatic rings. The minimum Gasteiger partial charge on any atom is -0.433 e. The first-order chi connectivity index (χ1) is 17.7. The molecule has 3 aliphatic rings. The van der Waals surface area contributed by atoms with Gasteiger partial charge in [0.25, 0.3) is 5.69 Å². The number of carbonyl (C=O) groups is 2. The molecule has 0 saturated heterocycles. The van der Waals surface area contributed by atoms with E-state index in [-0.39, 0.29) is 16.9 Å². The van der Waals surface area contributed by atoms with Gasteiger partial charge in [0.05, 0.1) is 27.9 Å². The highest BCUT2D eigenvalue weighted by atomic mass is 16.6. The number of anilines is 2. The van der Waals surface area contributed by atoms with Gasteiger partial charge in [-0.3, -0.25) is 14.9 Å². The SMILES string of the molecule is CC1(C)CC(=O)C2=C(C1)Nc1ccccc1N([C@H]1OC(=O)c3ccccc31)[C@@H]2c1cccc([N+](=O)[O-])c1. The third kappa shape index (κ3) is 3.76. The maximum absolute atomic E-state index is 13.9. The van der Waals surface area contributed by atoms with Gasteiger partial charge in [0, 0.05) is 35.4 Å². The van der Waals surface area contributed by atoms with Crippen LogP contribution in [0.4, 0.5) is 17.1 Å². The second-order valence-electron chi connectivity index (χ2n) is 10.5. The van der Waals surface area contributed by atoms with Crippen LogP contribution in [0, 0.1) is 15.5 Å². The lowest BCUT2D eigenvalue weighted by Gasteiger charge is -2.40. The van der Waals surface area contributed by atoms with E-state index in [9.17, 15) is 19.7 Å². The van der Waals surface area contributed by atoms with E-state index in [1.807, 2.05) is 41.3 Å². The summed E-state index contributed by atoms with van der Waals surface area (Å²) >= 11 is 0. The van der Waals surface area contributed by atoms with Gasteiger partial charge in [-0.15, -0.1) is 0 Å². The van der Waals surface area contributed by atoms with Gasteiger partial charge in [0.2, 0.25) is 6.23 Å². The van der Waals surface area contributed by atoms with Crippen molar-refractivity contribution in [1.29, 1.82) is 0 Å². The van der Waals surface area contributed by atoms with Crippen LogP contribution in [0.1, 0.15) is 60.4 Å². The molecule has 8 heteroatoms. The van der Waals surface area contributed by atoms with Crippen molar-refractivity contribution in [2.24, 2.45) is 5.41 Å². The number of nitrogens with one attached hydrogen (secondary N) is 1. The minimum atomic E-state index is -0.828. The molecule has 1 aliphatic carbocycles. The zero-order chi connectivity index (χ0) is 25.9. The Morgan fingerprint density at radius 3 is 2.57 bits per heavy atom. The van der Waals surface area contributed by atoms with Crippen molar-refractivity contribution in [3.63, 3.8) is 0 Å². The highest BCUT2D eigenvalue weighted by molar-refractivity contribution is 6.02. The van der Waals surface area contributed by atoms with E-state index in [1.54, 1.807) is 24.3 Å². The average Bonchev–Trinajstić information content (AvgIpc) is 3.11. The summed E-state index contributed by atoms with van der Waals surface area (Å²) in [6, 6.07) is 20.5. The molecule has 0 spiro atoms. The number of nitro benzene ring substituents is 1. The predicted molar refractivity (Wildman–Crippen MR) is 138 cm³/mol. The van der Waals surface area contributed by atoms with E-state index in [0.29, 0.717) is 35.1 Å². The monoisotopic (exact) mass is 495 g/mol. The normalized spacial score (nSPS) is 21.8. The molecule has 0 radical (unpaired) electrons. The molecule has 0 unspecified atom stereocenters. The summed E-state index contributed by atoms with van der Waals surface area (Å²) in [5.74, 6) is -0.482. The Hall–Kier alpha value is -4.46. The van der Waals surface area contributed by atoms with E-state index in [1.165, 1.54) is 12.1 Å². The number of fused-ring (bicyclic) bond motifs is 2. The maximum Gasteiger partial charge on any atom is 0.340 e. The van der Waals surface area contributed by atoms with E-state index in [2.05, 4.69) is 19.2 Å². The van der Waals surface area contributed by atoms with Crippen molar-refractivity contribution in [2.45, 2.75) is 39.0 Å². The van der Waals surface area contributed by atoms with Crippen LogP contribution >= 0.6 is 0 Å². The first-order valence-corrected chi connectivity index (χ1v) is 12.2. The van der Waals surface area contributed by atoms with Crippen LogP contribution < -0.4 is 10.2 Å². The van der Waals surface area contributed by atoms with Gasteiger partial charge in [-0.25, -0.2) is 4.79 Å². The molecule has 37 heavy (non-hydrogen) atoms. The topological polar surface area (TPSA) is 102 Å². The lowest BCUT2D eigenvalue weighted by atomic mass is 9.73. The number of rotatable bonds is 3. The Kier molecular flexibility index (Phi) is 5.15. The standard InChI is InChI=1S/C29H25N3O5/c1-29(2)15-22-25(24(33)16-29)26(17-8-7-9-18(14-17)32(35)36)31(23-13-6-5-12-21(23)30-22)27-19-10-3-4-11-20(19)28(34)37-27/h3-14,26-27,30H,15-16H2,1-2H3/t26-,27+/m1/s1. The molecule has 1 N–H and O–H groups in total. The summed E-state index contributed by atoms with van der Waals surface area (Å²) in [6.07, 6.45) is 0.137. The first kappa shape index (κ1) is 23.0. The number of para-hydroxylation sites is 2. The van der Waals surface area contributed by atoms with Crippen LogP contribution in [-0.4, -0.2) is 16.7 Å². The van der Waals surface area contributed by atoms with Crippen LogP contribution in [0.3, 0.4) is 0 Å². The third-order valence-corrected chi connectivity index (χ3v) is 7.25. The lowest BCUT2D eigenvalue weighted by molar-refractivity contribution is -0.384. The number of hydrogen-bond donors (Lipinski definition) is 1. The smallest absolute Gasteiger partial charge is 0.340 e. The molecule has 6 rings (SSSR count). The number of non-ortho nitro benzene ring substituents is 1. The molecule has 2 heterocycles. The van der Waals surface area contributed by atoms with Crippen molar-refractivity contribution in [1.82, 2.24) is 0 Å². The number of Topliss-reactive ketones (excluding diaryl/α,β-unsaturated/α-hetero) is 1. The van der Waals surface area contributed by atoms with E-state index < -0.39 is 23.2 Å². The largest absolute Gasteiger partial charge is 0.433 e. The van der Waals surface area contributed by atoms with Crippen molar-refractivity contribution in [3.8, 4) is 0 Å². The maximum atomic E-state index is 13.9. The molecule has 2 aliphatic heterocycles. The fourth-order valence-corrected chi connectivity index (χ4v) is 5.74. The van der Waals surface area contributed by atoms with Gasteiger partial charge < -0.3 is 15.0 Å².